The lowest BCUT2D eigenvalue weighted by Gasteiger charge is -2.35. The van der Waals surface area contributed by atoms with Crippen LogP contribution in [-0.4, -0.2) is 51.1 Å². The van der Waals surface area contributed by atoms with Gasteiger partial charge in [0.25, 0.3) is 0 Å². The zero-order valence-corrected chi connectivity index (χ0v) is 14.7. The Labute approximate surface area is 141 Å². The molecular weight excluding hydrogens is 340 g/mol. The molecule has 0 aliphatic carbocycles. The molecule has 1 aliphatic heterocycles. The first-order chi connectivity index (χ1) is 10.8. The molecule has 1 amide bonds. The zero-order valence-electron chi connectivity index (χ0n) is 13.2. The monoisotopic (exact) mass is 360 g/mol. The van der Waals surface area contributed by atoms with E-state index in [1.807, 2.05) is 13.8 Å². The van der Waals surface area contributed by atoms with Gasteiger partial charge < -0.3 is 9.64 Å². The molecular formula is C15H21ClN2O4S. The number of hydrogen-bond acceptors (Lipinski definition) is 4. The van der Waals surface area contributed by atoms with Gasteiger partial charge in [-0.3, -0.25) is 4.79 Å². The Kier molecular flexibility index (Phi) is 6.02. The number of amides is 1. The third-order valence-corrected chi connectivity index (χ3v) is 5.49. The molecule has 1 saturated heterocycles. The molecule has 0 bridgehead atoms. The number of sulfonamides is 1. The summed E-state index contributed by atoms with van der Waals surface area (Å²) in [6.07, 6.45) is 0.0772. The molecule has 2 rings (SSSR count). The van der Waals surface area contributed by atoms with Crippen LogP contribution in [0.25, 0.3) is 0 Å². The van der Waals surface area contributed by atoms with Gasteiger partial charge in [-0.2, -0.15) is 0 Å². The van der Waals surface area contributed by atoms with E-state index in [0.29, 0.717) is 13.1 Å². The van der Waals surface area contributed by atoms with E-state index in [1.165, 1.54) is 12.1 Å². The average molecular weight is 361 g/mol. The fourth-order valence-corrected chi connectivity index (χ4v) is 4.12. The van der Waals surface area contributed by atoms with Gasteiger partial charge in [0.1, 0.15) is 4.90 Å². The Morgan fingerprint density at radius 1 is 1.30 bits per heavy atom. The molecule has 1 heterocycles. The first kappa shape index (κ1) is 18.2. The van der Waals surface area contributed by atoms with Crippen molar-refractivity contribution in [2.24, 2.45) is 0 Å². The third-order valence-electron chi connectivity index (χ3n) is 3.53. The highest BCUT2D eigenvalue weighted by Crippen LogP contribution is 2.20. The van der Waals surface area contributed by atoms with E-state index in [0.717, 1.165) is 0 Å². The third kappa shape index (κ3) is 4.91. The average Bonchev–Trinajstić information content (AvgIpc) is 2.46. The predicted molar refractivity (Wildman–Crippen MR) is 87.8 cm³/mol. The van der Waals surface area contributed by atoms with E-state index in [-0.39, 0.29) is 41.0 Å². The normalized spacial score (nSPS) is 22.1. The second kappa shape index (κ2) is 7.61. The van der Waals surface area contributed by atoms with E-state index in [1.54, 1.807) is 17.0 Å². The predicted octanol–water partition coefficient (Wildman–Crippen LogP) is 1.64. The van der Waals surface area contributed by atoms with E-state index in [4.69, 9.17) is 16.3 Å². The topological polar surface area (TPSA) is 75.7 Å². The Morgan fingerprint density at radius 2 is 1.91 bits per heavy atom. The van der Waals surface area contributed by atoms with Gasteiger partial charge in [-0.1, -0.05) is 23.7 Å². The summed E-state index contributed by atoms with van der Waals surface area (Å²) in [7, 11) is -3.72. The van der Waals surface area contributed by atoms with Crippen LogP contribution in [0.5, 0.6) is 0 Å². The van der Waals surface area contributed by atoms with Crippen molar-refractivity contribution in [2.75, 3.05) is 19.6 Å². The molecule has 1 aromatic carbocycles. The lowest BCUT2D eigenvalue weighted by molar-refractivity contribution is -0.143. The largest absolute Gasteiger partial charge is 0.372 e. The summed E-state index contributed by atoms with van der Waals surface area (Å²) in [5.74, 6) is -0.0890. The summed E-state index contributed by atoms with van der Waals surface area (Å²) in [5, 5.41) is 0.155. The molecule has 0 spiro atoms. The van der Waals surface area contributed by atoms with Crippen molar-refractivity contribution in [2.45, 2.75) is 37.4 Å². The maximum Gasteiger partial charge on any atom is 0.242 e. The molecule has 1 fully saturated rings. The van der Waals surface area contributed by atoms with Crippen LogP contribution in [0.2, 0.25) is 5.02 Å². The van der Waals surface area contributed by atoms with Gasteiger partial charge in [-0.25, -0.2) is 13.1 Å². The van der Waals surface area contributed by atoms with Crippen molar-refractivity contribution in [3.05, 3.63) is 29.3 Å². The SMILES string of the molecule is CC1CN(C(=O)CCNS(=O)(=O)c2ccccc2Cl)CC(C)O1. The summed E-state index contributed by atoms with van der Waals surface area (Å²) < 4.78 is 32.3. The van der Waals surface area contributed by atoms with Gasteiger partial charge in [-0.05, 0) is 26.0 Å². The van der Waals surface area contributed by atoms with Gasteiger partial charge in [0.15, 0.2) is 0 Å². The maximum absolute atomic E-state index is 12.2. The molecule has 8 heteroatoms. The van der Waals surface area contributed by atoms with E-state index < -0.39 is 10.0 Å². The highest BCUT2D eigenvalue weighted by atomic mass is 35.5. The van der Waals surface area contributed by atoms with Gasteiger partial charge in [0, 0.05) is 26.1 Å². The highest BCUT2D eigenvalue weighted by Gasteiger charge is 2.26. The van der Waals surface area contributed by atoms with Crippen molar-refractivity contribution >= 4 is 27.5 Å². The number of morpholine rings is 1. The smallest absolute Gasteiger partial charge is 0.242 e. The number of carbonyl (C=O) groups excluding carboxylic acids is 1. The summed E-state index contributed by atoms with van der Waals surface area (Å²) in [6, 6.07) is 6.20. The molecule has 1 aliphatic rings. The first-order valence-electron chi connectivity index (χ1n) is 7.47. The minimum absolute atomic E-state index is 0.0116. The number of halogens is 1. The molecule has 0 radical (unpaired) electrons. The quantitative estimate of drug-likeness (QED) is 0.866. The van der Waals surface area contributed by atoms with Gasteiger partial charge >= 0.3 is 0 Å². The molecule has 1 N–H and O–H groups in total. The van der Waals surface area contributed by atoms with Gasteiger partial charge in [0.05, 0.1) is 17.2 Å². The van der Waals surface area contributed by atoms with Gasteiger partial charge in [-0.15, -0.1) is 0 Å². The number of rotatable bonds is 5. The Balaban J connectivity index is 1.89. The number of ether oxygens (including phenoxy) is 1. The highest BCUT2D eigenvalue weighted by molar-refractivity contribution is 7.89. The van der Waals surface area contributed by atoms with Crippen molar-refractivity contribution < 1.29 is 17.9 Å². The number of nitrogens with one attached hydrogen (secondary N) is 1. The number of nitrogens with zero attached hydrogens (tertiary/aromatic N) is 1. The summed E-state index contributed by atoms with van der Waals surface area (Å²) >= 11 is 5.90. The second-order valence-electron chi connectivity index (χ2n) is 5.63. The molecule has 1 aromatic rings. The summed E-state index contributed by atoms with van der Waals surface area (Å²) in [5.41, 5.74) is 0. The minimum Gasteiger partial charge on any atom is -0.372 e. The fourth-order valence-electron chi connectivity index (χ4n) is 2.57. The number of benzene rings is 1. The molecule has 2 atom stereocenters. The molecule has 0 saturated carbocycles. The van der Waals surface area contributed by atoms with E-state index in [2.05, 4.69) is 4.72 Å². The Morgan fingerprint density at radius 3 is 2.52 bits per heavy atom. The summed E-state index contributed by atoms with van der Waals surface area (Å²) in [6.45, 7) is 4.92. The Bertz CT molecular complexity index is 655. The van der Waals surface area contributed by atoms with Crippen molar-refractivity contribution in [1.82, 2.24) is 9.62 Å². The lowest BCUT2D eigenvalue weighted by atomic mass is 10.2. The Hall–Kier alpha value is -1.15. The molecule has 0 aromatic heterocycles. The van der Waals surface area contributed by atoms with Crippen LogP contribution in [0, 0.1) is 0 Å². The first-order valence-corrected chi connectivity index (χ1v) is 9.33. The van der Waals surface area contributed by atoms with Crippen LogP contribution < -0.4 is 4.72 Å². The van der Waals surface area contributed by atoms with Crippen molar-refractivity contribution in [1.29, 1.82) is 0 Å². The van der Waals surface area contributed by atoms with Crippen molar-refractivity contribution in [3.8, 4) is 0 Å². The van der Waals surface area contributed by atoms with Crippen LogP contribution in [0.3, 0.4) is 0 Å². The number of carbonyl (C=O) groups is 1. The maximum atomic E-state index is 12.2. The number of hydrogen-bond donors (Lipinski definition) is 1. The van der Waals surface area contributed by atoms with Crippen molar-refractivity contribution in [3.63, 3.8) is 0 Å². The second-order valence-corrected chi connectivity index (χ2v) is 7.78. The van der Waals surface area contributed by atoms with Gasteiger partial charge in [0.2, 0.25) is 15.9 Å². The summed E-state index contributed by atoms with van der Waals surface area (Å²) in [4.78, 5) is 13.9. The minimum atomic E-state index is -3.72. The lowest BCUT2D eigenvalue weighted by Crippen LogP contribution is -2.48. The fraction of sp³-hybridized carbons (Fsp3) is 0.533. The van der Waals surface area contributed by atoms with Crippen LogP contribution in [-0.2, 0) is 19.6 Å². The van der Waals surface area contributed by atoms with Crippen LogP contribution >= 0.6 is 11.6 Å². The van der Waals surface area contributed by atoms with E-state index in [9.17, 15) is 13.2 Å². The standard InChI is InChI=1S/C15H21ClN2O4S/c1-11-9-18(10-12(2)22-11)15(19)7-8-17-23(20,21)14-6-4-3-5-13(14)16/h3-6,11-12,17H,7-10H2,1-2H3. The molecule has 23 heavy (non-hydrogen) atoms. The molecule has 2 unspecified atom stereocenters. The van der Waals surface area contributed by atoms with Crippen LogP contribution in [0.15, 0.2) is 29.2 Å². The van der Waals surface area contributed by atoms with E-state index >= 15 is 0 Å². The molecule has 6 nitrogen and oxygen atoms in total. The molecule has 128 valence electrons. The zero-order chi connectivity index (χ0) is 17.0. The van der Waals surface area contributed by atoms with Crippen LogP contribution in [0.4, 0.5) is 0 Å². The van der Waals surface area contributed by atoms with Crippen LogP contribution in [0.1, 0.15) is 20.3 Å².